The van der Waals surface area contributed by atoms with E-state index in [1.54, 1.807) is 6.20 Å². The van der Waals surface area contributed by atoms with Gasteiger partial charge in [-0.1, -0.05) is 0 Å². The quantitative estimate of drug-likeness (QED) is 0.520. The van der Waals surface area contributed by atoms with Crippen molar-refractivity contribution in [1.82, 2.24) is 34.4 Å². The zero-order valence-corrected chi connectivity index (χ0v) is 19.1. The average Bonchev–Trinajstić information content (AvgIpc) is 3.28. The monoisotopic (exact) mass is 442 g/mol. The van der Waals surface area contributed by atoms with Crippen LogP contribution in [0, 0.1) is 0 Å². The second-order valence-electron chi connectivity index (χ2n) is 9.37. The third kappa shape index (κ3) is 4.16. The molecule has 5 heterocycles. The molecule has 0 unspecified atom stereocenters. The minimum absolute atomic E-state index is 0.441. The summed E-state index contributed by atoms with van der Waals surface area (Å²) in [5.41, 5.74) is 4.68. The summed E-state index contributed by atoms with van der Waals surface area (Å²) in [7, 11) is 2.22. The number of anilines is 1. The van der Waals surface area contributed by atoms with Gasteiger partial charge in [0.15, 0.2) is 0 Å². The summed E-state index contributed by atoms with van der Waals surface area (Å²) in [5, 5.41) is 8.32. The highest BCUT2D eigenvalue weighted by Gasteiger charge is 2.28. The number of pyridine rings is 2. The van der Waals surface area contributed by atoms with Gasteiger partial charge < -0.3 is 10.2 Å². The van der Waals surface area contributed by atoms with Gasteiger partial charge in [0.2, 0.25) is 5.95 Å². The van der Waals surface area contributed by atoms with Crippen LogP contribution >= 0.6 is 0 Å². The third-order valence-corrected chi connectivity index (χ3v) is 7.23. The molecule has 0 bridgehead atoms. The first-order valence-corrected chi connectivity index (χ1v) is 12.0. The smallest absolute Gasteiger partial charge is 0.241 e. The van der Waals surface area contributed by atoms with Gasteiger partial charge in [-0.3, -0.25) is 9.88 Å². The number of fused-ring (bicyclic) bond motifs is 2. The SMILES string of the molecule is CN1CCN([C@H]2CC[C@H](Nc3ncc4c(-c5ccc6ncccc6n5)ccn4n3)CC2)CC1. The number of nitrogens with one attached hydrogen (secondary N) is 1. The Morgan fingerprint density at radius 1 is 0.909 bits per heavy atom. The first kappa shape index (κ1) is 20.5. The summed E-state index contributed by atoms with van der Waals surface area (Å²) >= 11 is 0. The predicted molar refractivity (Wildman–Crippen MR) is 130 cm³/mol. The maximum atomic E-state index is 4.78. The van der Waals surface area contributed by atoms with Crippen molar-refractivity contribution in [3.05, 3.63) is 48.9 Å². The molecule has 1 aliphatic heterocycles. The summed E-state index contributed by atoms with van der Waals surface area (Å²) in [6, 6.07) is 11.1. The Hall–Kier alpha value is -3.10. The molecule has 2 fully saturated rings. The van der Waals surface area contributed by atoms with Gasteiger partial charge in [-0.15, -0.1) is 5.10 Å². The number of likely N-dealkylation sites (N-methyl/N-ethyl adjacent to an activating group) is 1. The Morgan fingerprint density at radius 3 is 2.61 bits per heavy atom. The highest BCUT2D eigenvalue weighted by molar-refractivity contribution is 5.83. The van der Waals surface area contributed by atoms with Crippen LogP contribution in [0.15, 0.2) is 48.9 Å². The van der Waals surface area contributed by atoms with E-state index in [4.69, 9.17) is 10.1 Å². The topological polar surface area (TPSA) is 74.5 Å². The summed E-state index contributed by atoms with van der Waals surface area (Å²) in [4.78, 5) is 18.9. The van der Waals surface area contributed by atoms with Gasteiger partial charge in [-0.2, -0.15) is 0 Å². The predicted octanol–water partition coefficient (Wildman–Crippen LogP) is 3.31. The molecule has 8 nitrogen and oxygen atoms in total. The number of aromatic nitrogens is 5. The minimum atomic E-state index is 0.441. The molecule has 0 radical (unpaired) electrons. The highest BCUT2D eigenvalue weighted by atomic mass is 15.3. The Balaban J connectivity index is 1.13. The summed E-state index contributed by atoms with van der Waals surface area (Å²) in [6.45, 7) is 4.79. The van der Waals surface area contributed by atoms with E-state index >= 15 is 0 Å². The Kier molecular flexibility index (Phi) is 5.39. The van der Waals surface area contributed by atoms with Crippen molar-refractivity contribution in [2.75, 3.05) is 38.5 Å². The fourth-order valence-electron chi connectivity index (χ4n) is 5.24. The van der Waals surface area contributed by atoms with Crippen LogP contribution in [0.4, 0.5) is 5.95 Å². The van der Waals surface area contributed by atoms with Gasteiger partial charge in [-0.25, -0.2) is 14.5 Å². The second-order valence-corrected chi connectivity index (χ2v) is 9.37. The molecule has 1 saturated carbocycles. The molecule has 8 heteroatoms. The van der Waals surface area contributed by atoms with Crippen molar-refractivity contribution in [3.63, 3.8) is 0 Å². The lowest BCUT2D eigenvalue weighted by Crippen LogP contribution is -2.50. The van der Waals surface area contributed by atoms with Crippen LogP contribution in [0.2, 0.25) is 0 Å². The standard InChI is InChI=1S/C25H30N8/c1-31-13-15-32(16-14-31)19-6-4-18(5-7-19)28-25-27-17-24-20(10-12-33(24)30-25)21-8-9-22-23(29-21)3-2-11-26-22/h2-3,8-12,17-19H,4-7,13-16H2,1H3,(H,28,30)/t18-,19-. The Bertz CT molecular complexity index is 1250. The zero-order valence-electron chi connectivity index (χ0n) is 19.1. The lowest BCUT2D eigenvalue weighted by molar-refractivity contribution is 0.0893. The van der Waals surface area contributed by atoms with Crippen LogP contribution < -0.4 is 5.32 Å². The van der Waals surface area contributed by atoms with Gasteiger partial charge in [0.25, 0.3) is 0 Å². The first-order valence-electron chi connectivity index (χ1n) is 12.0. The zero-order chi connectivity index (χ0) is 22.2. The van der Waals surface area contributed by atoms with Crippen molar-refractivity contribution in [2.45, 2.75) is 37.8 Å². The average molecular weight is 443 g/mol. The van der Waals surface area contributed by atoms with Gasteiger partial charge in [0, 0.05) is 56.2 Å². The van der Waals surface area contributed by atoms with Crippen LogP contribution in [0.3, 0.4) is 0 Å². The van der Waals surface area contributed by atoms with Crippen molar-refractivity contribution in [3.8, 4) is 11.3 Å². The van der Waals surface area contributed by atoms with Gasteiger partial charge in [0.1, 0.15) is 0 Å². The first-order chi connectivity index (χ1) is 16.2. The lowest BCUT2D eigenvalue weighted by atomic mass is 9.90. The normalized spacial score (nSPS) is 22.7. The molecular formula is C25H30N8. The fourth-order valence-corrected chi connectivity index (χ4v) is 5.24. The maximum absolute atomic E-state index is 4.78. The lowest BCUT2D eigenvalue weighted by Gasteiger charge is -2.41. The number of rotatable bonds is 4. The molecule has 0 aromatic carbocycles. The Labute approximate surface area is 193 Å². The number of hydrogen-bond donors (Lipinski definition) is 1. The van der Waals surface area contributed by atoms with E-state index in [0.29, 0.717) is 12.0 Å². The molecule has 1 aliphatic carbocycles. The van der Waals surface area contributed by atoms with Crippen LogP contribution in [0.1, 0.15) is 25.7 Å². The summed E-state index contributed by atoms with van der Waals surface area (Å²) < 4.78 is 1.90. The molecular weight excluding hydrogens is 412 g/mol. The van der Waals surface area contributed by atoms with E-state index < -0.39 is 0 Å². The molecule has 1 N–H and O–H groups in total. The van der Waals surface area contributed by atoms with E-state index in [0.717, 1.165) is 33.8 Å². The maximum Gasteiger partial charge on any atom is 0.241 e. The molecule has 4 aromatic rings. The summed E-state index contributed by atoms with van der Waals surface area (Å²) in [6.07, 6.45) is 10.5. The second kappa shape index (κ2) is 8.68. The summed E-state index contributed by atoms with van der Waals surface area (Å²) in [5.74, 6) is 0.698. The van der Waals surface area contributed by atoms with E-state index in [9.17, 15) is 0 Å². The third-order valence-electron chi connectivity index (χ3n) is 7.23. The number of nitrogens with zero attached hydrogens (tertiary/aromatic N) is 7. The minimum Gasteiger partial charge on any atom is -0.350 e. The molecule has 170 valence electrons. The van der Waals surface area contributed by atoms with Crippen molar-refractivity contribution in [2.24, 2.45) is 0 Å². The molecule has 2 aliphatic rings. The van der Waals surface area contributed by atoms with Crippen molar-refractivity contribution < 1.29 is 0 Å². The van der Waals surface area contributed by atoms with E-state index in [2.05, 4.69) is 38.2 Å². The van der Waals surface area contributed by atoms with Crippen LogP contribution in [-0.2, 0) is 0 Å². The van der Waals surface area contributed by atoms with Gasteiger partial charge in [-0.05, 0) is 63.1 Å². The Morgan fingerprint density at radius 2 is 1.76 bits per heavy atom. The molecule has 1 saturated heterocycles. The van der Waals surface area contributed by atoms with E-state index in [1.165, 1.54) is 51.9 Å². The van der Waals surface area contributed by atoms with Crippen molar-refractivity contribution >= 4 is 22.5 Å². The molecule has 6 rings (SSSR count). The van der Waals surface area contributed by atoms with Gasteiger partial charge in [0.05, 0.1) is 28.4 Å². The molecule has 0 spiro atoms. The van der Waals surface area contributed by atoms with Crippen LogP contribution in [0.5, 0.6) is 0 Å². The van der Waals surface area contributed by atoms with Crippen molar-refractivity contribution in [1.29, 1.82) is 0 Å². The fraction of sp³-hybridized carbons (Fsp3) is 0.440. The largest absolute Gasteiger partial charge is 0.350 e. The van der Waals surface area contributed by atoms with E-state index in [-0.39, 0.29) is 0 Å². The molecule has 0 atom stereocenters. The van der Waals surface area contributed by atoms with Gasteiger partial charge >= 0.3 is 0 Å². The van der Waals surface area contributed by atoms with Crippen LogP contribution in [-0.4, -0.2) is 79.7 Å². The number of piperazine rings is 1. The molecule has 4 aromatic heterocycles. The molecule has 33 heavy (non-hydrogen) atoms. The highest BCUT2D eigenvalue weighted by Crippen LogP contribution is 2.27. The van der Waals surface area contributed by atoms with Crippen LogP contribution in [0.25, 0.3) is 27.8 Å². The number of hydrogen-bond acceptors (Lipinski definition) is 7. The molecule has 0 amide bonds. The van der Waals surface area contributed by atoms with E-state index in [1.807, 2.05) is 41.2 Å².